The van der Waals surface area contributed by atoms with Crippen molar-refractivity contribution >= 4 is 5.91 Å². The van der Waals surface area contributed by atoms with Gasteiger partial charge in [-0.1, -0.05) is 0 Å². The third kappa shape index (κ3) is 6.03. The van der Waals surface area contributed by atoms with Crippen molar-refractivity contribution in [3.05, 3.63) is 18.0 Å². The molecule has 17 heavy (non-hydrogen) atoms. The molecule has 1 aromatic heterocycles. The van der Waals surface area contributed by atoms with Gasteiger partial charge in [0.15, 0.2) is 0 Å². The van der Waals surface area contributed by atoms with Gasteiger partial charge in [-0.2, -0.15) is 5.10 Å². The quantitative estimate of drug-likeness (QED) is 0.610. The van der Waals surface area contributed by atoms with Crippen molar-refractivity contribution in [2.45, 2.75) is 13.0 Å². The summed E-state index contributed by atoms with van der Waals surface area (Å²) >= 11 is 0. The number of aryl methyl sites for hydroxylation is 1. The lowest BCUT2D eigenvalue weighted by Crippen LogP contribution is -2.34. The first-order valence-electron chi connectivity index (χ1n) is 5.66. The van der Waals surface area contributed by atoms with E-state index in [-0.39, 0.29) is 5.91 Å². The van der Waals surface area contributed by atoms with E-state index < -0.39 is 0 Å². The van der Waals surface area contributed by atoms with Crippen molar-refractivity contribution in [3.63, 3.8) is 0 Å². The molecule has 0 aromatic carbocycles. The van der Waals surface area contributed by atoms with Crippen LogP contribution in [0.25, 0.3) is 0 Å². The SMILES string of the molecule is COCCCNC(=O)CNCc1cnn(C)c1. The lowest BCUT2D eigenvalue weighted by atomic mass is 10.3. The molecule has 1 amide bonds. The van der Waals surface area contributed by atoms with Crippen molar-refractivity contribution in [1.29, 1.82) is 0 Å². The topological polar surface area (TPSA) is 68.2 Å². The third-order valence-corrected chi connectivity index (χ3v) is 2.22. The molecule has 96 valence electrons. The zero-order valence-electron chi connectivity index (χ0n) is 10.4. The fourth-order valence-electron chi connectivity index (χ4n) is 1.39. The Morgan fingerprint density at radius 1 is 1.59 bits per heavy atom. The van der Waals surface area contributed by atoms with Crippen LogP contribution in [0.15, 0.2) is 12.4 Å². The molecule has 0 atom stereocenters. The summed E-state index contributed by atoms with van der Waals surface area (Å²) < 4.78 is 6.63. The molecule has 1 heterocycles. The minimum Gasteiger partial charge on any atom is -0.385 e. The second-order valence-corrected chi connectivity index (χ2v) is 3.82. The van der Waals surface area contributed by atoms with Crippen LogP contribution >= 0.6 is 0 Å². The summed E-state index contributed by atoms with van der Waals surface area (Å²) in [5.74, 6) is 0.00462. The highest BCUT2D eigenvalue weighted by Gasteiger charge is 2.00. The monoisotopic (exact) mass is 240 g/mol. The fourth-order valence-corrected chi connectivity index (χ4v) is 1.39. The van der Waals surface area contributed by atoms with E-state index in [0.717, 1.165) is 12.0 Å². The molecular formula is C11H20N4O2. The van der Waals surface area contributed by atoms with E-state index in [9.17, 15) is 4.79 Å². The number of nitrogens with one attached hydrogen (secondary N) is 2. The Balaban J connectivity index is 2.04. The van der Waals surface area contributed by atoms with Crippen LogP contribution in [0.4, 0.5) is 0 Å². The highest BCUT2D eigenvalue weighted by atomic mass is 16.5. The van der Waals surface area contributed by atoms with Crippen molar-refractivity contribution in [2.24, 2.45) is 7.05 Å². The molecule has 0 aliphatic rings. The summed E-state index contributed by atoms with van der Waals surface area (Å²) in [6.07, 6.45) is 4.54. The van der Waals surface area contributed by atoms with Gasteiger partial charge in [-0.25, -0.2) is 0 Å². The lowest BCUT2D eigenvalue weighted by Gasteiger charge is -2.05. The Labute approximate surface area is 101 Å². The Hall–Kier alpha value is -1.40. The fraction of sp³-hybridized carbons (Fsp3) is 0.636. The van der Waals surface area contributed by atoms with Crippen LogP contribution in [-0.4, -0.2) is 42.5 Å². The minimum absolute atomic E-state index is 0.00462. The molecule has 0 spiro atoms. The van der Waals surface area contributed by atoms with E-state index in [0.29, 0.717) is 26.2 Å². The number of carbonyl (C=O) groups excluding carboxylic acids is 1. The number of hydrogen-bond acceptors (Lipinski definition) is 4. The highest BCUT2D eigenvalue weighted by Crippen LogP contribution is 1.94. The number of ether oxygens (including phenoxy) is 1. The lowest BCUT2D eigenvalue weighted by molar-refractivity contribution is -0.120. The van der Waals surface area contributed by atoms with Gasteiger partial charge in [-0.05, 0) is 6.42 Å². The van der Waals surface area contributed by atoms with Crippen LogP contribution < -0.4 is 10.6 Å². The Bertz CT molecular complexity index is 338. The average molecular weight is 240 g/mol. The molecule has 2 N–H and O–H groups in total. The number of aromatic nitrogens is 2. The Morgan fingerprint density at radius 3 is 3.06 bits per heavy atom. The highest BCUT2D eigenvalue weighted by molar-refractivity contribution is 5.77. The summed E-state index contributed by atoms with van der Waals surface area (Å²) in [5, 5.41) is 9.91. The summed E-state index contributed by atoms with van der Waals surface area (Å²) in [6.45, 7) is 2.30. The summed E-state index contributed by atoms with van der Waals surface area (Å²) in [4.78, 5) is 11.4. The smallest absolute Gasteiger partial charge is 0.233 e. The Kier molecular flexibility index (Phi) is 6.27. The summed E-state index contributed by atoms with van der Waals surface area (Å²) in [6, 6.07) is 0. The van der Waals surface area contributed by atoms with Crippen molar-refractivity contribution in [3.8, 4) is 0 Å². The van der Waals surface area contributed by atoms with Gasteiger partial charge in [-0.15, -0.1) is 0 Å². The van der Waals surface area contributed by atoms with Gasteiger partial charge in [0, 0.05) is 45.6 Å². The first-order valence-corrected chi connectivity index (χ1v) is 5.66. The Morgan fingerprint density at radius 2 is 2.41 bits per heavy atom. The molecule has 0 saturated heterocycles. The molecule has 0 aliphatic heterocycles. The van der Waals surface area contributed by atoms with E-state index in [1.54, 1.807) is 18.0 Å². The van der Waals surface area contributed by atoms with Crippen LogP contribution in [0.3, 0.4) is 0 Å². The van der Waals surface area contributed by atoms with Crippen LogP contribution in [0, 0.1) is 0 Å². The minimum atomic E-state index is 0.00462. The van der Waals surface area contributed by atoms with Gasteiger partial charge in [0.2, 0.25) is 5.91 Å². The van der Waals surface area contributed by atoms with Crippen molar-refractivity contribution < 1.29 is 9.53 Å². The maximum absolute atomic E-state index is 11.4. The van der Waals surface area contributed by atoms with Crippen molar-refractivity contribution in [1.82, 2.24) is 20.4 Å². The summed E-state index contributed by atoms with van der Waals surface area (Å²) in [5.41, 5.74) is 1.07. The molecule has 0 bridgehead atoms. The number of nitrogens with zero attached hydrogens (tertiary/aromatic N) is 2. The first kappa shape index (κ1) is 13.7. The molecule has 0 fully saturated rings. The number of amides is 1. The second-order valence-electron chi connectivity index (χ2n) is 3.82. The molecule has 0 unspecified atom stereocenters. The molecule has 0 saturated carbocycles. The van der Waals surface area contributed by atoms with Crippen LogP contribution in [0.5, 0.6) is 0 Å². The molecule has 1 aromatic rings. The number of carbonyl (C=O) groups is 1. The zero-order chi connectivity index (χ0) is 12.5. The zero-order valence-corrected chi connectivity index (χ0v) is 10.4. The third-order valence-electron chi connectivity index (χ3n) is 2.22. The number of hydrogen-bond donors (Lipinski definition) is 2. The normalized spacial score (nSPS) is 10.5. The standard InChI is InChI=1S/C11H20N4O2/c1-15-9-10(7-14-15)6-12-8-11(16)13-4-3-5-17-2/h7,9,12H,3-6,8H2,1-2H3,(H,13,16). The first-order chi connectivity index (χ1) is 8.22. The van der Waals surface area contributed by atoms with E-state index in [1.165, 1.54) is 0 Å². The van der Waals surface area contributed by atoms with Gasteiger partial charge in [0.1, 0.15) is 0 Å². The van der Waals surface area contributed by atoms with E-state index in [1.807, 2.05) is 13.2 Å². The molecule has 6 nitrogen and oxygen atoms in total. The molecule has 6 heteroatoms. The van der Waals surface area contributed by atoms with Crippen LogP contribution in [-0.2, 0) is 23.1 Å². The maximum Gasteiger partial charge on any atom is 0.233 e. The number of rotatable bonds is 8. The van der Waals surface area contributed by atoms with Gasteiger partial charge in [0.05, 0.1) is 12.7 Å². The van der Waals surface area contributed by atoms with E-state index in [4.69, 9.17) is 4.74 Å². The largest absolute Gasteiger partial charge is 0.385 e. The molecule has 0 radical (unpaired) electrons. The van der Waals surface area contributed by atoms with E-state index >= 15 is 0 Å². The van der Waals surface area contributed by atoms with Gasteiger partial charge in [-0.3, -0.25) is 9.48 Å². The van der Waals surface area contributed by atoms with Gasteiger partial charge >= 0.3 is 0 Å². The average Bonchev–Trinajstić information content (AvgIpc) is 2.71. The van der Waals surface area contributed by atoms with Crippen LogP contribution in [0.2, 0.25) is 0 Å². The molecular weight excluding hydrogens is 220 g/mol. The predicted octanol–water partition coefficient (Wildman–Crippen LogP) is -0.338. The predicted molar refractivity (Wildman–Crippen MR) is 64.4 cm³/mol. The second kappa shape index (κ2) is 7.81. The van der Waals surface area contributed by atoms with Crippen molar-refractivity contribution in [2.75, 3.05) is 26.8 Å². The van der Waals surface area contributed by atoms with E-state index in [2.05, 4.69) is 15.7 Å². The molecule has 1 rings (SSSR count). The maximum atomic E-state index is 11.4. The van der Waals surface area contributed by atoms with Gasteiger partial charge < -0.3 is 15.4 Å². The van der Waals surface area contributed by atoms with Crippen LogP contribution in [0.1, 0.15) is 12.0 Å². The number of methoxy groups -OCH3 is 1. The molecule has 0 aliphatic carbocycles. The summed E-state index contributed by atoms with van der Waals surface area (Å²) in [7, 11) is 3.52. The van der Waals surface area contributed by atoms with Gasteiger partial charge in [0.25, 0.3) is 0 Å².